The van der Waals surface area contributed by atoms with Gasteiger partial charge in [-0.1, -0.05) is 31.4 Å². The molecule has 0 radical (unpaired) electrons. The molecule has 122 valence electrons. The number of hydrogen-bond donors (Lipinski definition) is 0. The minimum absolute atomic E-state index is 0.150. The quantitative estimate of drug-likeness (QED) is 0.449. The lowest BCUT2D eigenvalue weighted by Gasteiger charge is -2.21. The van der Waals surface area contributed by atoms with Crippen LogP contribution in [0, 0.1) is 11.3 Å². The van der Waals surface area contributed by atoms with Crippen LogP contribution in [0.3, 0.4) is 0 Å². The van der Waals surface area contributed by atoms with E-state index < -0.39 is 8.07 Å². The molecule has 5 nitrogen and oxygen atoms in total. The van der Waals surface area contributed by atoms with Gasteiger partial charge in [-0.25, -0.2) is 0 Å². The molecule has 0 unspecified atom stereocenters. The van der Waals surface area contributed by atoms with Gasteiger partial charge in [0.2, 0.25) is 0 Å². The Morgan fingerprint density at radius 2 is 2.17 bits per heavy atom. The fourth-order valence-corrected chi connectivity index (χ4v) is 5.02. The van der Waals surface area contributed by atoms with Crippen molar-refractivity contribution in [3.63, 3.8) is 0 Å². The van der Waals surface area contributed by atoms with Crippen LogP contribution in [-0.2, 0) is 10.3 Å². The molecule has 0 atom stereocenters. The number of aromatic nitrogens is 2. The van der Waals surface area contributed by atoms with Crippen LogP contribution >= 0.6 is 23.5 Å². The maximum absolute atomic E-state index is 8.99. The summed E-state index contributed by atoms with van der Waals surface area (Å²) in [4.78, 5) is 4.88. The molecule has 1 spiro atoms. The molecule has 0 bridgehead atoms. The van der Waals surface area contributed by atoms with Crippen molar-refractivity contribution in [2.45, 2.75) is 49.1 Å². The molecule has 1 aliphatic carbocycles. The van der Waals surface area contributed by atoms with Crippen molar-refractivity contribution in [1.29, 1.82) is 5.26 Å². The van der Waals surface area contributed by atoms with Gasteiger partial charge in [0.05, 0.1) is 11.5 Å². The fraction of sp³-hybridized carbons (Fsp3) is 0.600. The van der Waals surface area contributed by atoms with Crippen LogP contribution in [0.2, 0.25) is 25.7 Å². The average molecular weight is 365 g/mol. The summed E-state index contributed by atoms with van der Waals surface area (Å²) in [5.74, 6) is 0.630. The lowest BCUT2D eigenvalue weighted by Crippen LogP contribution is -2.21. The van der Waals surface area contributed by atoms with Crippen LogP contribution in [0.4, 0.5) is 0 Å². The molecule has 0 saturated heterocycles. The second-order valence-electron chi connectivity index (χ2n) is 7.05. The number of nitrogens with zero attached hydrogens (tertiary/aromatic N) is 4. The van der Waals surface area contributed by atoms with Crippen LogP contribution < -0.4 is 0 Å². The number of fused-ring (bicyclic) bond motifs is 2. The molecule has 1 saturated carbocycles. The zero-order chi connectivity index (χ0) is 16.5. The Morgan fingerprint density at radius 3 is 2.83 bits per heavy atom. The summed E-state index contributed by atoms with van der Waals surface area (Å²) >= 11 is 3.18. The summed E-state index contributed by atoms with van der Waals surface area (Å²) in [7, 11) is -1.03. The van der Waals surface area contributed by atoms with Gasteiger partial charge in [0.15, 0.2) is 5.69 Å². The molecule has 23 heavy (non-hydrogen) atoms. The van der Waals surface area contributed by atoms with E-state index in [1.54, 1.807) is 23.5 Å². The highest BCUT2D eigenvalue weighted by Gasteiger charge is 2.49. The second kappa shape index (κ2) is 6.55. The number of thioether (sulfide) groups is 2. The van der Waals surface area contributed by atoms with Crippen molar-refractivity contribution in [3.05, 3.63) is 17.3 Å². The molecule has 0 N–H and O–H groups in total. The Labute approximate surface area is 146 Å². The van der Waals surface area contributed by atoms with E-state index in [0.29, 0.717) is 11.6 Å². The molecular formula is C15H20N4OS2Si. The molecule has 2 heterocycles. The molecule has 1 fully saturated rings. The summed E-state index contributed by atoms with van der Waals surface area (Å²) in [6, 6.07) is 5.09. The summed E-state index contributed by atoms with van der Waals surface area (Å²) in [5.41, 5.74) is 1.29. The van der Waals surface area contributed by atoms with E-state index in [-0.39, 0.29) is 5.54 Å². The minimum atomic E-state index is -1.03. The molecule has 1 aromatic rings. The van der Waals surface area contributed by atoms with Crippen molar-refractivity contribution >= 4 is 36.0 Å². The fourth-order valence-electron chi connectivity index (χ4n) is 2.28. The van der Waals surface area contributed by atoms with Gasteiger partial charge in [-0.05, 0) is 36.7 Å². The first-order chi connectivity index (χ1) is 10.9. The van der Waals surface area contributed by atoms with Gasteiger partial charge in [-0.2, -0.15) is 5.26 Å². The van der Waals surface area contributed by atoms with Gasteiger partial charge in [0.1, 0.15) is 15.5 Å². The van der Waals surface area contributed by atoms with Crippen LogP contribution in [0.25, 0.3) is 0 Å². The van der Waals surface area contributed by atoms with Gasteiger partial charge in [-0.3, -0.25) is 4.99 Å². The topological polar surface area (TPSA) is 71.2 Å². The number of aliphatic imine (C=N–C) groups is 1. The van der Waals surface area contributed by atoms with Crippen molar-refractivity contribution in [2.24, 2.45) is 4.99 Å². The van der Waals surface area contributed by atoms with Gasteiger partial charge in [-0.15, -0.1) is 10.2 Å². The molecule has 1 aliphatic heterocycles. The third-order valence-electron chi connectivity index (χ3n) is 3.85. The highest BCUT2D eigenvalue weighted by atomic mass is 32.2. The van der Waals surface area contributed by atoms with E-state index in [2.05, 4.69) is 35.9 Å². The Hall–Kier alpha value is -0.883. The number of nitriles is 1. The van der Waals surface area contributed by atoms with Gasteiger partial charge >= 0.3 is 0 Å². The van der Waals surface area contributed by atoms with E-state index in [1.807, 2.05) is 6.07 Å². The first-order valence-electron chi connectivity index (χ1n) is 7.68. The SMILES string of the molecule is C[Si](C)(C)CCOCSC1=NC2(CC2)c2cc(C#N)nnc2S1. The summed E-state index contributed by atoms with van der Waals surface area (Å²) < 4.78 is 6.75. The van der Waals surface area contributed by atoms with Crippen LogP contribution in [0.15, 0.2) is 16.1 Å². The smallest absolute Gasteiger partial charge is 0.163 e. The van der Waals surface area contributed by atoms with Crippen LogP contribution in [0.1, 0.15) is 24.1 Å². The standard InChI is InChI=1S/C15H20N4OS2Si/c1-23(2,3)7-6-20-10-21-14-17-15(4-5-15)12-8-11(9-16)18-19-13(12)22-14/h8H,4-7,10H2,1-3H3. The predicted octanol–water partition coefficient (Wildman–Crippen LogP) is 3.84. The van der Waals surface area contributed by atoms with E-state index in [4.69, 9.17) is 15.0 Å². The second-order valence-corrected chi connectivity index (χ2v) is 14.8. The Bertz CT molecular complexity index is 677. The average Bonchev–Trinajstić information content (AvgIpc) is 3.26. The zero-order valence-electron chi connectivity index (χ0n) is 13.6. The minimum Gasteiger partial charge on any atom is -0.371 e. The predicted molar refractivity (Wildman–Crippen MR) is 97.5 cm³/mol. The summed E-state index contributed by atoms with van der Waals surface area (Å²) in [6.07, 6.45) is 2.05. The summed E-state index contributed by atoms with van der Waals surface area (Å²) in [5, 5.41) is 18.0. The Morgan fingerprint density at radius 1 is 1.39 bits per heavy atom. The van der Waals surface area contributed by atoms with Crippen molar-refractivity contribution < 1.29 is 4.74 Å². The monoisotopic (exact) mass is 364 g/mol. The molecule has 8 heteroatoms. The Balaban J connectivity index is 1.59. The van der Waals surface area contributed by atoms with Crippen LogP contribution in [0.5, 0.6) is 0 Å². The largest absolute Gasteiger partial charge is 0.371 e. The first-order valence-corrected chi connectivity index (χ1v) is 13.2. The molecule has 1 aromatic heterocycles. The molecule has 2 aliphatic rings. The highest BCUT2D eigenvalue weighted by Crippen LogP contribution is 2.55. The van der Waals surface area contributed by atoms with Gasteiger partial charge in [0.25, 0.3) is 0 Å². The van der Waals surface area contributed by atoms with Crippen molar-refractivity contribution in [1.82, 2.24) is 10.2 Å². The highest BCUT2D eigenvalue weighted by molar-refractivity contribution is 8.38. The maximum atomic E-state index is 8.99. The van der Waals surface area contributed by atoms with Crippen molar-refractivity contribution in [3.8, 4) is 6.07 Å². The van der Waals surface area contributed by atoms with Crippen LogP contribution in [-0.4, -0.2) is 35.2 Å². The van der Waals surface area contributed by atoms with Gasteiger partial charge in [0, 0.05) is 20.2 Å². The van der Waals surface area contributed by atoms with E-state index in [1.165, 1.54) is 6.04 Å². The summed E-state index contributed by atoms with van der Waals surface area (Å²) in [6.45, 7) is 7.89. The number of hydrogen-bond acceptors (Lipinski definition) is 7. The van der Waals surface area contributed by atoms with Gasteiger partial charge < -0.3 is 4.74 Å². The van der Waals surface area contributed by atoms with E-state index >= 15 is 0 Å². The zero-order valence-corrected chi connectivity index (χ0v) is 16.3. The lowest BCUT2D eigenvalue weighted by atomic mass is 10.1. The third kappa shape index (κ3) is 4.15. The third-order valence-corrected chi connectivity index (χ3v) is 7.54. The molecule has 0 amide bonds. The first kappa shape index (κ1) is 17.0. The van der Waals surface area contributed by atoms with E-state index in [0.717, 1.165) is 34.4 Å². The number of ether oxygens (including phenoxy) is 1. The van der Waals surface area contributed by atoms with E-state index in [9.17, 15) is 0 Å². The molecule has 3 rings (SSSR count). The normalized spacial score (nSPS) is 18.3. The maximum Gasteiger partial charge on any atom is 0.163 e. The van der Waals surface area contributed by atoms with Crippen molar-refractivity contribution in [2.75, 3.05) is 12.5 Å². The molecule has 0 aromatic carbocycles. The number of rotatable bonds is 5. The molecular weight excluding hydrogens is 344 g/mol. The Kier molecular flexibility index (Phi) is 4.83. The lowest BCUT2D eigenvalue weighted by molar-refractivity contribution is 0.198.